The van der Waals surface area contributed by atoms with Crippen LogP contribution in [0.4, 0.5) is 0 Å². The van der Waals surface area contributed by atoms with Crippen molar-refractivity contribution in [1.82, 2.24) is 0 Å². The second kappa shape index (κ2) is 5.84. The molecule has 0 unspecified atom stereocenters. The van der Waals surface area contributed by atoms with E-state index in [1.165, 1.54) is 6.07 Å². The first-order valence-electron chi connectivity index (χ1n) is 5.74. The van der Waals surface area contributed by atoms with Crippen LogP contribution in [0.1, 0.15) is 40.4 Å². The van der Waals surface area contributed by atoms with Crippen LogP contribution in [0, 0.1) is 12.8 Å². The summed E-state index contributed by atoms with van der Waals surface area (Å²) in [6.07, 6.45) is 0.636. The van der Waals surface area contributed by atoms with E-state index in [9.17, 15) is 13.2 Å². The van der Waals surface area contributed by atoms with Crippen molar-refractivity contribution in [1.29, 1.82) is 0 Å². The van der Waals surface area contributed by atoms with E-state index >= 15 is 0 Å². The zero-order chi connectivity index (χ0) is 13.9. The maximum atomic E-state index is 11.9. The number of aryl methyl sites for hydroxylation is 1. The molecule has 1 aromatic heterocycles. The molecule has 4 nitrogen and oxygen atoms in total. The third-order valence-corrected chi connectivity index (χ3v) is 5.30. The highest BCUT2D eigenvalue weighted by Gasteiger charge is 2.18. The van der Waals surface area contributed by atoms with Crippen LogP contribution in [0.15, 0.2) is 6.07 Å². The van der Waals surface area contributed by atoms with Gasteiger partial charge in [0, 0.05) is 4.88 Å². The number of carbonyl (C=O) groups is 1. The lowest BCUT2D eigenvalue weighted by molar-refractivity contribution is 0.0702. The van der Waals surface area contributed by atoms with Crippen molar-refractivity contribution in [2.45, 2.75) is 32.9 Å². The summed E-state index contributed by atoms with van der Waals surface area (Å²) in [5, 5.41) is 8.86. The van der Waals surface area contributed by atoms with Crippen LogP contribution in [0.3, 0.4) is 0 Å². The fourth-order valence-electron chi connectivity index (χ4n) is 1.49. The van der Waals surface area contributed by atoms with E-state index in [0.717, 1.165) is 16.2 Å². The minimum absolute atomic E-state index is 0.0602. The van der Waals surface area contributed by atoms with Gasteiger partial charge in [-0.2, -0.15) is 0 Å². The summed E-state index contributed by atoms with van der Waals surface area (Å²) in [4.78, 5) is 11.8. The Hall–Kier alpha value is -0.880. The molecule has 0 amide bonds. The van der Waals surface area contributed by atoms with Gasteiger partial charge in [0.1, 0.15) is 4.88 Å². The lowest BCUT2D eigenvalue weighted by Gasteiger charge is -2.06. The third kappa shape index (κ3) is 4.42. The van der Waals surface area contributed by atoms with E-state index in [1.54, 1.807) is 6.92 Å². The Kier molecular flexibility index (Phi) is 4.92. The summed E-state index contributed by atoms with van der Waals surface area (Å²) < 4.78 is 23.8. The van der Waals surface area contributed by atoms with E-state index in [2.05, 4.69) is 0 Å². The van der Waals surface area contributed by atoms with E-state index in [-0.39, 0.29) is 16.4 Å². The molecular formula is C12H18O4S2. The molecule has 18 heavy (non-hydrogen) atoms. The average Bonchev–Trinajstić information content (AvgIpc) is 2.57. The standard InChI is InChI=1S/C12H18O4S2/c1-8(2)4-5-18(15,16)7-10-6-11(12(13)14)17-9(10)3/h6,8H,4-5,7H2,1-3H3,(H,13,14). The summed E-state index contributed by atoms with van der Waals surface area (Å²) in [6.45, 7) is 5.71. The second-order valence-corrected chi connectivity index (χ2v) is 8.21. The van der Waals surface area contributed by atoms with Crippen LogP contribution in [0.2, 0.25) is 0 Å². The number of aromatic carboxylic acids is 1. The Labute approximate surface area is 112 Å². The van der Waals surface area contributed by atoms with Gasteiger partial charge in [0.25, 0.3) is 0 Å². The fourth-order valence-corrected chi connectivity index (χ4v) is 4.21. The van der Waals surface area contributed by atoms with Gasteiger partial charge in [0.2, 0.25) is 0 Å². The van der Waals surface area contributed by atoms with Gasteiger partial charge >= 0.3 is 5.97 Å². The highest BCUT2D eigenvalue weighted by atomic mass is 32.2. The van der Waals surface area contributed by atoms with Gasteiger partial charge < -0.3 is 5.11 Å². The summed E-state index contributed by atoms with van der Waals surface area (Å²) in [5.41, 5.74) is 0.612. The van der Waals surface area contributed by atoms with Crippen molar-refractivity contribution in [3.63, 3.8) is 0 Å². The van der Waals surface area contributed by atoms with Crippen LogP contribution >= 0.6 is 11.3 Å². The van der Waals surface area contributed by atoms with Gasteiger partial charge in [-0.25, -0.2) is 13.2 Å². The summed E-state index contributed by atoms with van der Waals surface area (Å²) >= 11 is 1.12. The Bertz CT molecular complexity index is 526. The first-order chi connectivity index (χ1) is 8.21. The minimum atomic E-state index is -3.15. The number of hydrogen-bond donors (Lipinski definition) is 1. The summed E-state index contributed by atoms with van der Waals surface area (Å²) in [7, 11) is -3.15. The Balaban J connectivity index is 2.81. The monoisotopic (exact) mass is 290 g/mol. The molecule has 0 saturated heterocycles. The molecule has 0 aliphatic rings. The smallest absolute Gasteiger partial charge is 0.345 e. The molecule has 0 atom stereocenters. The Morgan fingerprint density at radius 1 is 1.44 bits per heavy atom. The van der Waals surface area contributed by atoms with Crippen LogP contribution in [-0.4, -0.2) is 25.2 Å². The molecule has 0 fully saturated rings. The lowest BCUT2D eigenvalue weighted by atomic mass is 10.2. The van der Waals surface area contributed by atoms with Gasteiger partial charge in [-0.1, -0.05) is 13.8 Å². The number of rotatable bonds is 6. The van der Waals surface area contributed by atoms with E-state index in [1.807, 2.05) is 13.8 Å². The maximum Gasteiger partial charge on any atom is 0.345 e. The predicted molar refractivity (Wildman–Crippen MR) is 73.0 cm³/mol. The van der Waals surface area contributed by atoms with Crippen LogP contribution in [0.5, 0.6) is 0 Å². The lowest BCUT2D eigenvalue weighted by Crippen LogP contribution is -2.11. The topological polar surface area (TPSA) is 71.4 Å². The van der Waals surface area contributed by atoms with Crippen molar-refractivity contribution in [3.05, 3.63) is 21.4 Å². The predicted octanol–water partition coefficient (Wildman–Crippen LogP) is 2.72. The van der Waals surface area contributed by atoms with E-state index in [0.29, 0.717) is 17.9 Å². The first-order valence-corrected chi connectivity index (χ1v) is 8.38. The van der Waals surface area contributed by atoms with Crippen molar-refractivity contribution in [2.24, 2.45) is 5.92 Å². The molecule has 1 aromatic rings. The van der Waals surface area contributed by atoms with E-state index < -0.39 is 15.8 Å². The van der Waals surface area contributed by atoms with Gasteiger partial charge in [-0.05, 0) is 30.9 Å². The summed E-state index contributed by atoms with van der Waals surface area (Å²) in [6, 6.07) is 1.47. The van der Waals surface area contributed by atoms with Crippen LogP contribution in [0.25, 0.3) is 0 Å². The normalized spacial score (nSPS) is 12.0. The quantitative estimate of drug-likeness (QED) is 0.874. The van der Waals surface area contributed by atoms with Crippen LogP contribution in [-0.2, 0) is 15.6 Å². The van der Waals surface area contributed by atoms with Gasteiger partial charge in [0.05, 0.1) is 11.5 Å². The molecule has 0 aliphatic carbocycles. The summed E-state index contributed by atoms with van der Waals surface area (Å²) in [5.74, 6) is -0.565. The second-order valence-electron chi connectivity index (χ2n) is 4.77. The Morgan fingerprint density at radius 3 is 2.50 bits per heavy atom. The molecule has 0 bridgehead atoms. The van der Waals surface area contributed by atoms with Crippen LogP contribution < -0.4 is 0 Å². The van der Waals surface area contributed by atoms with Crippen molar-refractivity contribution < 1.29 is 18.3 Å². The van der Waals surface area contributed by atoms with Gasteiger partial charge in [0.15, 0.2) is 9.84 Å². The molecule has 1 heterocycles. The average molecular weight is 290 g/mol. The number of carboxylic acids is 1. The van der Waals surface area contributed by atoms with Crippen molar-refractivity contribution in [2.75, 3.05) is 5.75 Å². The number of sulfone groups is 1. The molecule has 0 saturated carbocycles. The molecule has 0 spiro atoms. The number of thiophene rings is 1. The Morgan fingerprint density at radius 2 is 2.06 bits per heavy atom. The third-order valence-electron chi connectivity index (χ3n) is 2.61. The molecule has 0 aliphatic heterocycles. The molecule has 0 aromatic carbocycles. The minimum Gasteiger partial charge on any atom is -0.477 e. The van der Waals surface area contributed by atoms with Crippen molar-refractivity contribution >= 4 is 27.1 Å². The van der Waals surface area contributed by atoms with E-state index in [4.69, 9.17) is 5.11 Å². The zero-order valence-electron chi connectivity index (χ0n) is 10.8. The zero-order valence-corrected chi connectivity index (χ0v) is 12.4. The molecule has 6 heteroatoms. The fraction of sp³-hybridized carbons (Fsp3) is 0.583. The number of hydrogen-bond acceptors (Lipinski definition) is 4. The highest BCUT2D eigenvalue weighted by Crippen LogP contribution is 2.24. The van der Waals surface area contributed by atoms with Gasteiger partial charge in [-0.15, -0.1) is 11.3 Å². The highest BCUT2D eigenvalue weighted by molar-refractivity contribution is 7.90. The SMILES string of the molecule is Cc1sc(C(=O)O)cc1CS(=O)(=O)CCC(C)C. The molecule has 0 radical (unpaired) electrons. The molecule has 1 N–H and O–H groups in total. The number of carboxylic acid groups (broad SMARTS) is 1. The first kappa shape index (κ1) is 15.2. The largest absolute Gasteiger partial charge is 0.477 e. The molecule has 1 rings (SSSR count). The maximum absolute atomic E-state index is 11.9. The van der Waals surface area contributed by atoms with Gasteiger partial charge in [-0.3, -0.25) is 0 Å². The molecule has 102 valence electrons. The van der Waals surface area contributed by atoms with Crippen molar-refractivity contribution in [3.8, 4) is 0 Å². The molecular weight excluding hydrogens is 272 g/mol.